The van der Waals surface area contributed by atoms with E-state index in [9.17, 15) is 18.0 Å². The Morgan fingerprint density at radius 3 is 2.33 bits per heavy atom. The number of hydrogen-bond donors (Lipinski definition) is 2. The molecule has 146 valence electrons. The molecular formula is C16H20N4O5S2. The summed E-state index contributed by atoms with van der Waals surface area (Å²) < 4.78 is 32.0. The second kappa shape index (κ2) is 8.11. The highest BCUT2D eigenvalue weighted by atomic mass is 32.2. The van der Waals surface area contributed by atoms with Gasteiger partial charge in [0.15, 0.2) is 0 Å². The minimum absolute atomic E-state index is 0.249. The molecule has 11 heteroatoms. The van der Waals surface area contributed by atoms with E-state index in [0.717, 1.165) is 11.3 Å². The molecule has 1 amide bonds. The van der Waals surface area contributed by atoms with Crippen LogP contribution in [0.25, 0.3) is 0 Å². The van der Waals surface area contributed by atoms with Crippen molar-refractivity contribution < 1.29 is 22.7 Å². The zero-order valence-corrected chi connectivity index (χ0v) is 16.8. The number of carbonyl (C=O) groups excluding carboxylic acids is 2. The summed E-state index contributed by atoms with van der Waals surface area (Å²) in [7, 11) is -2.90. The third-order valence-electron chi connectivity index (χ3n) is 3.54. The van der Waals surface area contributed by atoms with Crippen LogP contribution in [0.4, 0.5) is 0 Å². The first kappa shape index (κ1) is 20.9. The molecule has 1 atom stereocenters. The number of sulfonamides is 1. The fraction of sp³-hybridized carbons (Fsp3) is 0.375. The summed E-state index contributed by atoms with van der Waals surface area (Å²) in [6.45, 7) is 4.54. The zero-order chi connectivity index (χ0) is 20.2. The number of rotatable bonds is 7. The summed E-state index contributed by atoms with van der Waals surface area (Å²) >= 11 is 0.887. The Morgan fingerprint density at radius 1 is 1.19 bits per heavy atom. The van der Waals surface area contributed by atoms with E-state index in [1.807, 2.05) is 0 Å². The first-order valence-electron chi connectivity index (χ1n) is 7.84. The number of nitrogens with zero attached hydrogens (tertiary/aromatic N) is 2. The quantitative estimate of drug-likeness (QED) is 0.648. The van der Waals surface area contributed by atoms with Crippen molar-refractivity contribution in [1.29, 1.82) is 0 Å². The second-order valence-electron chi connectivity index (χ2n) is 6.16. The van der Waals surface area contributed by atoms with Crippen molar-refractivity contribution in [3.05, 3.63) is 40.9 Å². The standard InChI is InChI=1S/C16H20N4O5S2/c1-10-18-19-15(26-10)27(23,24)20-12(11-8-6-5-7-9-11)13(21)17-16(2,3)14(22)25-4/h5-9,12,20H,1-4H3,(H,17,21)/t12-/m0/s1. The van der Waals surface area contributed by atoms with Crippen LogP contribution >= 0.6 is 11.3 Å². The highest BCUT2D eigenvalue weighted by molar-refractivity contribution is 7.91. The van der Waals surface area contributed by atoms with E-state index in [1.165, 1.54) is 21.0 Å². The molecule has 1 heterocycles. The average Bonchev–Trinajstić information content (AvgIpc) is 3.06. The van der Waals surface area contributed by atoms with Crippen LogP contribution in [0.1, 0.15) is 30.5 Å². The van der Waals surface area contributed by atoms with Crippen LogP contribution < -0.4 is 10.0 Å². The maximum Gasteiger partial charge on any atom is 0.330 e. The molecule has 2 aromatic rings. The first-order valence-corrected chi connectivity index (χ1v) is 10.1. The molecule has 0 bridgehead atoms. The van der Waals surface area contributed by atoms with Crippen molar-refractivity contribution in [2.75, 3.05) is 7.11 Å². The minimum Gasteiger partial charge on any atom is -0.467 e. The van der Waals surface area contributed by atoms with Crippen LogP contribution in [-0.4, -0.2) is 43.1 Å². The number of ether oxygens (including phenoxy) is 1. The van der Waals surface area contributed by atoms with Crippen LogP contribution in [0.15, 0.2) is 34.7 Å². The second-order valence-corrected chi connectivity index (χ2v) is 9.23. The van der Waals surface area contributed by atoms with Gasteiger partial charge < -0.3 is 10.1 Å². The topological polar surface area (TPSA) is 127 Å². The summed E-state index contributed by atoms with van der Waals surface area (Å²) in [4.78, 5) is 24.7. The predicted molar refractivity (Wildman–Crippen MR) is 98.4 cm³/mol. The fourth-order valence-corrected chi connectivity index (χ4v) is 4.36. The van der Waals surface area contributed by atoms with E-state index in [4.69, 9.17) is 0 Å². The summed E-state index contributed by atoms with van der Waals surface area (Å²) in [5, 5.41) is 10.3. The van der Waals surface area contributed by atoms with E-state index in [0.29, 0.717) is 10.6 Å². The predicted octanol–water partition coefficient (Wildman–Crippen LogP) is 0.934. The van der Waals surface area contributed by atoms with Crippen molar-refractivity contribution in [3.63, 3.8) is 0 Å². The van der Waals surface area contributed by atoms with Crippen molar-refractivity contribution in [2.24, 2.45) is 0 Å². The van der Waals surface area contributed by atoms with Crippen molar-refractivity contribution in [3.8, 4) is 0 Å². The highest BCUT2D eigenvalue weighted by Crippen LogP contribution is 2.21. The van der Waals surface area contributed by atoms with Crippen LogP contribution in [0.2, 0.25) is 0 Å². The van der Waals surface area contributed by atoms with Gasteiger partial charge in [-0.3, -0.25) is 4.79 Å². The largest absolute Gasteiger partial charge is 0.467 e. The highest BCUT2D eigenvalue weighted by Gasteiger charge is 2.36. The molecule has 0 spiro atoms. The van der Waals surface area contributed by atoms with E-state index in [1.54, 1.807) is 37.3 Å². The van der Waals surface area contributed by atoms with Gasteiger partial charge >= 0.3 is 5.97 Å². The van der Waals surface area contributed by atoms with Gasteiger partial charge in [0.05, 0.1) is 7.11 Å². The molecule has 9 nitrogen and oxygen atoms in total. The molecule has 0 unspecified atom stereocenters. The summed E-state index contributed by atoms with van der Waals surface area (Å²) in [6, 6.07) is 7.00. The number of amides is 1. The molecule has 0 aliphatic rings. The van der Waals surface area contributed by atoms with Crippen LogP contribution in [-0.2, 0) is 24.3 Å². The Labute approximate surface area is 161 Å². The van der Waals surface area contributed by atoms with Crippen LogP contribution in [0.5, 0.6) is 0 Å². The van der Waals surface area contributed by atoms with Gasteiger partial charge in [-0.25, -0.2) is 13.2 Å². The molecule has 0 fully saturated rings. The lowest BCUT2D eigenvalue weighted by atomic mass is 10.0. The SMILES string of the molecule is COC(=O)C(C)(C)NC(=O)[C@@H](NS(=O)(=O)c1nnc(C)s1)c1ccccc1. The molecule has 0 aliphatic heterocycles. The molecular weight excluding hydrogens is 392 g/mol. The van der Waals surface area contributed by atoms with Gasteiger partial charge in [-0.1, -0.05) is 41.7 Å². The summed E-state index contributed by atoms with van der Waals surface area (Å²) in [5.74, 6) is -1.37. The van der Waals surface area contributed by atoms with Gasteiger partial charge in [0.1, 0.15) is 16.6 Å². The molecule has 0 aliphatic carbocycles. The smallest absolute Gasteiger partial charge is 0.330 e. The van der Waals surface area contributed by atoms with Gasteiger partial charge in [-0.2, -0.15) is 4.72 Å². The van der Waals surface area contributed by atoms with Crippen LogP contribution in [0.3, 0.4) is 0 Å². The lowest BCUT2D eigenvalue weighted by Crippen LogP contribution is -2.53. The van der Waals surface area contributed by atoms with Crippen LogP contribution in [0, 0.1) is 6.92 Å². The van der Waals surface area contributed by atoms with E-state index < -0.39 is 33.5 Å². The molecule has 1 aromatic carbocycles. The normalized spacial score (nSPS) is 13.0. The van der Waals surface area contributed by atoms with Gasteiger partial charge in [0.25, 0.3) is 10.0 Å². The van der Waals surface area contributed by atoms with E-state index >= 15 is 0 Å². The maximum absolute atomic E-state index is 12.8. The van der Waals surface area contributed by atoms with E-state index in [2.05, 4.69) is 25.0 Å². The minimum atomic E-state index is -4.10. The average molecular weight is 412 g/mol. The monoisotopic (exact) mass is 412 g/mol. The number of hydrogen-bond acceptors (Lipinski definition) is 8. The molecule has 0 radical (unpaired) electrons. The molecule has 2 rings (SSSR count). The van der Waals surface area contributed by atoms with Gasteiger partial charge in [0, 0.05) is 0 Å². The van der Waals surface area contributed by atoms with Gasteiger partial charge in [0.2, 0.25) is 10.2 Å². The molecule has 0 saturated carbocycles. The van der Waals surface area contributed by atoms with Gasteiger partial charge in [-0.05, 0) is 26.3 Å². The number of aryl methyl sites for hydroxylation is 1. The van der Waals surface area contributed by atoms with Crippen molar-refractivity contribution in [2.45, 2.75) is 36.7 Å². The van der Waals surface area contributed by atoms with Crippen molar-refractivity contribution >= 4 is 33.2 Å². The van der Waals surface area contributed by atoms with Crippen molar-refractivity contribution in [1.82, 2.24) is 20.2 Å². The third kappa shape index (κ3) is 5.08. The molecule has 2 N–H and O–H groups in total. The third-order valence-corrected chi connectivity index (χ3v) is 6.17. The molecule has 27 heavy (non-hydrogen) atoms. The first-order chi connectivity index (χ1) is 12.6. The fourth-order valence-electron chi connectivity index (χ4n) is 2.20. The number of nitrogens with one attached hydrogen (secondary N) is 2. The number of benzene rings is 1. The lowest BCUT2D eigenvalue weighted by Gasteiger charge is -2.26. The lowest BCUT2D eigenvalue weighted by molar-refractivity contribution is -0.149. The Balaban J connectivity index is 2.35. The molecule has 0 saturated heterocycles. The summed E-state index contributed by atoms with van der Waals surface area (Å²) in [5.41, 5.74) is -0.940. The number of aromatic nitrogens is 2. The summed E-state index contributed by atoms with van der Waals surface area (Å²) in [6.07, 6.45) is 0. The number of carbonyl (C=O) groups is 2. The van der Waals surface area contributed by atoms with Gasteiger partial charge in [-0.15, -0.1) is 10.2 Å². The zero-order valence-electron chi connectivity index (χ0n) is 15.2. The maximum atomic E-state index is 12.8. The number of methoxy groups -OCH3 is 1. The van der Waals surface area contributed by atoms with E-state index in [-0.39, 0.29) is 4.34 Å². The number of esters is 1. The molecule has 1 aromatic heterocycles. The Bertz CT molecular complexity index is 925. The Morgan fingerprint density at radius 2 is 1.81 bits per heavy atom. The Hall–Kier alpha value is -2.37. The Kier molecular flexibility index (Phi) is 6.29.